The van der Waals surface area contributed by atoms with Crippen molar-refractivity contribution in [3.05, 3.63) is 41.4 Å². The minimum atomic E-state index is 0.726. The molecule has 3 rings (SSSR count). The van der Waals surface area contributed by atoms with Crippen molar-refractivity contribution in [1.82, 2.24) is 15.3 Å². The maximum absolute atomic E-state index is 5.95. The second kappa shape index (κ2) is 6.19. The number of nitrogens with one attached hydrogen (secondary N) is 3. The summed E-state index contributed by atoms with van der Waals surface area (Å²) in [6.45, 7) is 0.849. The maximum Gasteiger partial charge on any atom is 0.207 e. The molecular weight excluding hydrogens is 294 g/mol. The number of halogens is 1. The first-order valence-electron chi connectivity index (χ1n) is 6.34. The highest BCUT2D eigenvalue weighted by atomic mass is 35.5. The molecule has 0 fully saturated rings. The number of benzene rings is 1. The minimum absolute atomic E-state index is 0.726. The Morgan fingerprint density at radius 1 is 1.35 bits per heavy atom. The van der Waals surface area contributed by atoms with E-state index in [0.717, 1.165) is 46.6 Å². The molecule has 5 nitrogen and oxygen atoms in total. The van der Waals surface area contributed by atoms with Crippen LogP contribution in [0.1, 0.15) is 12.1 Å². The summed E-state index contributed by atoms with van der Waals surface area (Å²) in [4.78, 5) is 8.19. The number of hydrogen-bond donors (Lipinski definition) is 3. The largest absolute Gasteiger partial charge is 0.355 e. The van der Waals surface area contributed by atoms with Gasteiger partial charge in [-0.05, 0) is 31.0 Å². The van der Waals surface area contributed by atoms with E-state index in [1.165, 1.54) is 11.9 Å². The van der Waals surface area contributed by atoms with Crippen molar-refractivity contribution in [2.45, 2.75) is 17.7 Å². The van der Waals surface area contributed by atoms with Crippen molar-refractivity contribution in [3.63, 3.8) is 0 Å². The van der Waals surface area contributed by atoms with E-state index in [2.05, 4.69) is 25.0 Å². The van der Waals surface area contributed by atoms with E-state index < -0.39 is 0 Å². The first kappa shape index (κ1) is 13.3. The van der Waals surface area contributed by atoms with Crippen molar-refractivity contribution in [2.24, 2.45) is 4.40 Å². The summed E-state index contributed by atoms with van der Waals surface area (Å²) >= 11 is 7.38. The number of anilines is 1. The second-order valence-corrected chi connectivity index (χ2v) is 5.63. The molecule has 0 amide bonds. The molecule has 0 bridgehead atoms. The molecule has 1 aromatic heterocycles. The molecule has 0 saturated carbocycles. The fourth-order valence-electron chi connectivity index (χ4n) is 1.90. The third kappa shape index (κ3) is 3.26. The Hall–Kier alpha value is -1.66. The van der Waals surface area contributed by atoms with E-state index in [-0.39, 0.29) is 0 Å². The van der Waals surface area contributed by atoms with Gasteiger partial charge in [0.15, 0.2) is 0 Å². The van der Waals surface area contributed by atoms with Crippen molar-refractivity contribution in [3.8, 4) is 0 Å². The molecule has 0 aliphatic carbocycles. The van der Waals surface area contributed by atoms with Crippen molar-refractivity contribution in [2.75, 3.05) is 11.9 Å². The fraction of sp³-hybridized carbons (Fsp3) is 0.231. The zero-order valence-corrected chi connectivity index (χ0v) is 12.3. The molecule has 0 saturated heterocycles. The van der Waals surface area contributed by atoms with Crippen LogP contribution in [-0.4, -0.2) is 22.5 Å². The van der Waals surface area contributed by atoms with Gasteiger partial charge in [0, 0.05) is 29.7 Å². The molecule has 2 heterocycles. The summed E-state index contributed by atoms with van der Waals surface area (Å²) in [6, 6.07) is 5.74. The standard InChI is InChI=1S/C13H14ClN5S/c14-9-3-4-11-12(6-9)20-19-13(18-11)16-5-1-2-10-7-15-8-17-10/h3-4,6-8H,1-2,5H2,(H,15,17)(H2,16,18,19). The van der Waals surface area contributed by atoms with Gasteiger partial charge in [-0.25, -0.2) is 4.98 Å². The van der Waals surface area contributed by atoms with E-state index in [4.69, 9.17) is 11.6 Å². The Morgan fingerprint density at radius 2 is 2.30 bits per heavy atom. The number of hydrogen-bond acceptors (Lipinski definition) is 5. The average Bonchev–Trinajstić information content (AvgIpc) is 2.97. The van der Waals surface area contributed by atoms with E-state index in [0.29, 0.717) is 0 Å². The lowest BCUT2D eigenvalue weighted by Crippen LogP contribution is -2.32. The Labute approximate surface area is 126 Å². The highest BCUT2D eigenvalue weighted by Gasteiger charge is 2.12. The van der Waals surface area contributed by atoms with Crippen LogP contribution in [0.2, 0.25) is 5.02 Å². The summed E-state index contributed by atoms with van der Waals surface area (Å²) in [5, 5.41) is 7.27. The van der Waals surface area contributed by atoms with Crippen molar-refractivity contribution in [1.29, 1.82) is 0 Å². The number of imidazole rings is 1. The van der Waals surface area contributed by atoms with Crippen molar-refractivity contribution >= 4 is 35.2 Å². The Morgan fingerprint density at radius 3 is 3.15 bits per heavy atom. The Bertz CT molecular complexity index is 611. The molecular formula is C13H14ClN5S. The molecule has 0 atom stereocenters. The molecule has 3 N–H and O–H groups in total. The fourth-order valence-corrected chi connectivity index (χ4v) is 2.83. The summed E-state index contributed by atoms with van der Waals surface area (Å²) < 4.78 is 4.38. The summed E-state index contributed by atoms with van der Waals surface area (Å²) in [6.07, 6.45) is 5.58. The van der Waals surface area contributed by atoms with Gasteiger partial charge in [0.2, 0.25) is 5.96 Å². The lowest BCUT2D eigenvalue weighted by Gasteiger charge is -2.18. The van der Waals surface area contributed by atoms with E-state index >= 15 is 0 Å². The monoisotopic (exact) mass is 307 g/mol. The molecule has 0 spiro atoms. The number of guanidine groups is 1. The van der Waals surface area contributed by atoms with Crippen LogP contribution in [0.25, 0.3) is 0 Å². The number of aryl methyl sites for hydroxylation is 1. The number of nitrogens with zero attached hydrogens (tertiary/aromatic N) is 2. The minimum Gasteiger partial charge on any atom is -0.355 e. The predicted molar refractivity (Wildman–Crippen MR) is 83.3 cm³/mol. The normalized spacial score (nSPS) is 13.3. The van der Waals surface area contributed by atoms with Crippen LogP contribution in [0.3, 0.4) is 0 Å². The lowest BCUT2D eigenvalue weighted by atomic mass is 10.2. The number of aromatic nitrogens is 2. The van der Waals surface area contributed by atoms with Gasteiger partial charge in [-0.1, -0.05) is 11.6 Å². The SMILES string of the molecule is Clc1ccc2c(c1)SN=C(NCCCc1c[nH]cn1)N2. The van der Waals surface area contributed by atoms with Crippen LogP contribution >= 0.6 is 23.5 Å². The zero-order valence-electron chi connectivity index (χ0n) is 10.7. The molecule has 20 heavy (non-hydrogen) atoms. The van der Waals surface area contributed by atoms with Gasteiger partial charge in [0.05, 0.1) is 22.6 Å². The van der Waals surface area contributed by atoms with Crippen LogP contribution in [-0.2, 0) is 6.42 Å². The van der Waals surface area contributed by atoms with Crippen LogP contribution in [0.5, 0.6) is 0 Å². The van der Waals surface area contributed by atoms with Gasteiger partial charge < -0.3 is 15.6 Å². The summed E-state index contributed by atoms with van der Waals surface area (Å²) in [5.74, 6) is 0.784. The third-order valence-corrected chi connectivity index (χ3v) is 3.93. The lowest BCUT2D eigenvalue weighted by molar-refractivity contribution is 0.762. The number of rotatable bonds is 4. The van der Waals surface area contributed by atoms with Gasteiger partial charge in [-0.3, -0.25) is 0 Å². The topological polar surface area (TPSA) is 65.1 Å². The molecule has 2 aromatic rings. The van der Waals surface area contributed by atoms with Crippen LogP contribution in [0.4, 0.5) is 5.69 Å². The van der Waals surface area contributed by atoms with E-state index in [9.17, 15) is 0 Å². The van der Waals surface area contributed by atoms with Gasteiger partial charge in [0.1, 0.15) is 0 Å². The highest BCUT2D eigenvalue weighted by molar-refractivity contribution is 7.98. The summed E-state index contributed by atoms with van der Waals surface area (Å²) in [7, 11) is 0. The van der Waals surface area contributed by atoms with E-state index in [1.54, 1.807) is 6.33 Å². The van der Waals surface area contributed by atoms with Crippen LogP contribution < -0.4 is 10.6 Å². The molecule has 1 aliphatic rings. The second-order valence-electron chi connectivity index (χ2n) is 4.39. The summed E-state index contributed by atoms with van der Waals surface area (Å²) in [5.41, 5.74) is 2.11. The predicted octanol–water partition coefficient (Wildman–Crippen LogP) is 3.07. The number of H-pyrrole nitrogens is 1. The zero-order chi connectivity index (χ0) is 13.8. The molecule has 0 unspecified atom stereocenters. The van der Waals surface area contributed by atoms with Gasteiger partial charge in [-0.2, -0.15) is 4.40 Å². The van der Waals surface area contributed by atoms with Crippen LogP contribution in [0.15, 0.2) is 40.0 Å². The maximum atomic E-state index is 5.95. The molecule has 104 valence electrons. The third-order valence-electron chi connectivity index (χ3n) is 2.89. The van der Waals surface area contributed by atoms with Gasteiger partial charge in [0.25, 0.3) is 0 Å². The quantitative estimate of drug-likeness (QED) is 0.600. The molecule has 0 radical (unpaired) electrons. The Balaban J connectivity index is 1.48. The van der Waals surface area contributed by atoms with Crippen molar-refractivity contribution < 1.29 is 0 Å². The first-order chi connectivity index (χ1) is 9.81. The van der Waals surface area contributed by atoms with Gasteiger partial charge >= 0.3 is 0 Å². The van der Waals surface area contributed by atoms with E-state index in [1.807, 2.05) is 24.4 Å². The first-order valence-corrected chi connectivity index (χ1v) is 7.49. The smallest absolute Gasteiger partial charge is 0.207 e. The Kier molecular flexibility index (Phi) is 4.13. The number of fused-ring (bicyclic) bond motifs is 1. The molecule has 1 aliphatic heterocycles. The van der Waals surface area contributed by atoms with Crippen LogP contribution in [0, 0.1) is 0 Å². The molecule has 1 aromatic carbocycles. The highest BCUT2D eigenvalue weighted by Crippen LogP contribution is 2.33. The molecule has 7 heteroatoms. The average molecular weight is 308 g/mol. The number of aromatic amines is 1. The van der Waals surface area contributed by atoms with Gasteiger partial charge in [-0.15, -0.1) is 0 Å².